The van der Waals surface area contributed by atoms with Gasteiger partial charge in [-0.05, 0) is 35.6 Å². The zero-order chi connectivity index (χ0) is 17.1. The molecule has 4 heterocycles. The summed E-state index contributed by atoms with van der Waals surface area (Å²) < 4.78 is 5.99. The normalized spacial score (nSPS) is 24.1. The van der Waals surface area contributed by atoms with Gasteiger partial charge in [0.15, 0.2) is 0 Å². The Bertz CT molecular complexity index is 692. The third-order valence-electron chi connectivity index (χ3n) is 5.09. The fraction of sp³-hybridized carbons (Fsp3) is 0.474. The number of fused-ring (bicyclic) bond motifs is 1. The molecule has 2 aromatic heterocycles. The zero-order valence-electron chi connectivity index (χ0n) is 14.2. The number of aromatic nitrogens is 1. The first-order valence-corrected chi connectivity index (χ1v) is 9.72. The van der Waals surface area contributed by atoms with Crippen molar-refractivity contribution in [3.63, 3.8) is 0 Å². The van der Waals surface area contributed by atoms with Gasteiger partial charge in [-0.15, -0.1) is 11.3 Å². The average molecular weight is 357 g/mol. The summed E-state index contributed by atoms with van der Waals surface area (Å²) in [5.41, 5.74) is 1.26. The molecule has 0 radical (unpaired) electrons. The van der Waals surface area contributed by atoms with Gasteiger partial charge in [0.1, 0.15) is 0 Å². The molecule has 0 aromatic carbocycles. The third-order valence-corrected chi connectivity index (χ3v) is 5.97. The summed E-state index contributed by atoms with van der Waals surface area (Å²) in [5, 5.41) is 2.03. The maximum atomic E-state index is 12.7. The minimum atomic E-state index is 0.232. The lowest BCUT2D eigenvalue weighted by atomic mass is 9.97. The standard InChI is InChI=1S/C19H23N3O2S/c23-19(12-16-2-1-11-25-16)22-8-5-18-17(14-22)21(9-10-24-18)13-15-3-6-20-7-4-15/h1-4,6-7,11,17-18H,5,8-10,12-14H2/t17-,18-/m0/s1. The molecule has 4 rings (SSSR count). The highest BCUT2D eigenvalue weighted by Crippen LogP contribution is 2.25. The Morgan fingerprint density at radius 3 is 2.96 bits per heavy atom. The van der Waals surface area contributed by atoms with E-state index in [0.717, 1.165) is 44.1 Å². The molecule has 2 aliphatic rings. The van der Waals surface area contributed by atoms with Crippen LogP contribution < -0.4 is 0 Å². The van der Waals surface area contributed by atoms with Crippen LogP contribution >= 0.6 is 11.3 Å². The molecule has 0 N–H and O–H groups in total. The predicted molar refractivity (Wildman–Crippen MR) is 97.4 cm³/mol. The summed E-state index contributed by atoms with van der Waals surface area (Å²) in [4.78, 5) is 22.4. The molecule has 6 heteroatoms. The molecule has 0 saturated carbocycles. The molecule has 0 spiro atoms. The van der Waals surface area contributed by atoms with Crippen molar-refractivity contribution >= 4 is 17.2 Å². The Kier molecular flexibility index (Phi) is 5.10. The number of hydrogen-bond acceptors (Lipinski definition) is 5. The molecule has 1 amide bonds. The van der Waals surface area contributed by atoms with E-state index < -0.39 is 0 Å². The number of pyridine rings is 1. The molecule has 0 unspecified atom stereocenters. The number of carbonyl (C=O) groups is 1. The van der Waals surface area contributed by atoms with Crippen molar-refractivity contribution in [2.45, 2.75) is 31.5 Å². The molecule has 2 atom stereocenters. The van der Waals surface area contributed by atoms with E-state index in [2.05, 4.69) is 22.0 Å². The van der Waals surface area contributed by atoms with Gasteiger partial charge in [0, 0.05) is 43.4 Å². The molecule has 132 valence electrons. The summed E-state index contributed by atoms with van der Waals surface area (Å²) in [7, 11) is 0. The van der Waals surface area contributed by atoms with E-state index in [-0.39, 0.29) is 18.1 Å². The van der Waals surface area contributed by atoms with Gasteiger partial charge in [-0.3, -0.25) is 14.7 Å². The van der Waals surface area contributed by atoms with Gasteiger partial charge in [-0.2, -0.15) is 0 Å². The van der Waals surface area contributed by atoms with E-state index in [1.165, 1.54) is 5.56 Å². The van der Waals surface area contributed by atoms with Gasteiger partial charge in [-0.25, -0.2) is 0 Å². The van der Waals surface area contributed by atoms with Gasteiger partial charge >= 0.3 is 0 Å². The number of piperidine rings is 1. The van der Waals surface area contributed by atoms with Crippen LogP contribution in [0.1, 0.15) is 16.9 Å². The van der Waals surface area contributed by atoms with Gasteiger partial charge in [0.25, 0.3) is 0 Å². The van der Waals surface area contributed by atoms with Gasteiger partial charge in [-0.1, -0.05) is 6.07 Å². The van der Waals surface area contributed by atoms with Crippen molar-refractivity contribution < 1.29 is 9.53 Å². The topological polar surface area (TPSA) is 45.7 Å². The van der Waals surface area contributed by atoms with Crippen LogP contribution in [0.4, 0.5) is 0 Å². The number of carbonyl (C=O) groups excluding carboxylic acids is 1. The highest BCUT2D eigenvalue weighted by atomic mass is 32.1. The molecule has 2 aliphatic heterocycles. The maximum absolute atomic E-state index is 12.7. The minimum absolute atomic E-state index is 0.232. The Hall–Kier alpha value is -1.76. The number of hydrogen-bond donors (Lipinski definition) is 0. The first-order chi connectivity index (χ1) is 12.3. The third kappa shape index (κ3) is 3.92. The summed E-state index contributed by atoms with van der Waals surface area (Å²) in [5.74, 6) is 0.232. The maximum Gasteiger partial charge on any atom is 0.227 e. The summed E-state index contributed by atoms with van der Waals surface area (Å²) in [6, 6.07) is 8.45. The van der Waals surface area contributed by atoms with Crippen LogP contribution in [0, 0.1) is 0 Å². The number of likely N-dealkylation sites (tertiary alicyclic amines) is 1. The van der Waals surface area contributed by atoms with Crippen LogP contribution in [-0.2, 0) is 22.5 Å². The molecular formula is C19H23N3O2S. The van der Waals surface area contributed by atoms with E-state index in [4.69, 9.17) is 4.74 Å². The second kappa shape index (κ2) is 7.64. The molecule has 0 aliphatic carbocycles. The highest BCUT2D eigenvalue weighted by molar-refractivity contribution is 7.10. The SMILES string of the molecule is O=C(Cc1cccs1)N1CC[C@@H]2OCCN(Cc3ccncc3)[C@H]2C1. The number of thiophene rings is 1. The largest absolute Gasteiger partial charge is 0.375 e. The minimum Gasteiger partial charge on any atom is -0.375 e. The van der Waals surface area contributed by atoms with E-state index in [1.54, 1.807) is 11.3 Å². The average Bonchev–Trinajstić information content (AvgIpc) is 3.15. The number of nitrogens with zero attached hydrogens (tertiary/aromatic N) is 3. The van der Waals surface area contributed by atoms with E-state index in [9.17, 15) is 4.79 Å². The van der Waals surface area contributed by atoms with Crippen LogP contribution in [0.15, 0.2) is 42.0 Å². The van der Waals surface area contributed by atoms with Crippen LogP contribution in [0.25, 0.3) is 0 Å². The van der Waals surface area contributed by atoms with Crippen molar-refractivity contribution in [1.82, 2.24) is 14.8 Å². The summed E-state index contributed by atoms with van der Waals surface area (Å²) in [6.45, 7) is 4.14. The molecule has 2 fully saturated rings. The fourth-order valence-electron chi connectivity index (χ4n) is 3.76. The predicted octanol–water partition coefficient (Wildman–Crippen LogP) is 2.19. The monoisotopic (exact) mass is 357 g/mol. The molecule has 2 aromatic rings. The Labute approximate surface area is 152 Å². The Morgan fingerprint density at radius 1 is 1.28 bits per heavy atom. The smallest absolute Gasteiger partial charge is 0.227 e. The number of amides is 1. The van der Waals surface area contributed by atoms with E-state index in [1.807, 2.05) is 34.8 Å². The van der Waals surface area contributed by atoms with E-state index >= 15 is 0 Å². The van der Waals surface area contributed by atoms with Gasteiger partial charge < -0.3 is 9.64 Å². The lowest BCUT2D eigenvalue weighted by Crippen LogP contribution is -2.60. The van der Waals surface area contributed by atoms with Crippen LogP contribution in [0.3, 0.4) is 0 Å². The summed E-state index contributed by atoms with van der Waals surface area (Å²) >= 11 is 1.65. The molecule has 5 nitrogen and oxygen atoms in total. The second-order valence-electron chi connectivity index (χ2n) is 6.69. The second-order valence-corrected chi connectivity index (χ2v) is 7.72. The van der Waals surface area contributed by atoms with Crippen molar-refractivity contribution in [2.75, 3.05) is 26.2 Å². The van der Waals surface area contributed by atoms with Crippen molar-refractivity contribution in [3.05, 3.63) is 52.5 Å². The van der Waals surface area contributed by atoms with Crippen molar-refractivity contribution in [2.24, 2.45) is 0 Å². The molecule has 2 saturated heterocycles. The summed E-state index contributed by atoms with van der Waals surface area (Å²) in [6.07, 6.45) is 5.35. The quantitative estimate of drug-likeness (QED) is 0.841. The van der Waals surface area contributed by atoms with Crippen molar-refractivity contribution in [1.29, 1.82) is 0 Å². The van der Waals surface area contributed by atoms with Crippen LogP contribution in [0.5, 0.6) is 0 Å². The first-order valence-electron chi connectivity index (χ1n) is 8.84. The van der Waals surface area contributed by atoms with E-state index in [0.29, 0.717) is 6.42 Å². The van der Waals surface area contributed by atoms with Crippen LogP contribution in [-0.4, -0.2) is 59.1 Å². The molecular weight excluding hydrogens is 334 g/mol. The zero-order valence-corrected chi connectivity index (χ0v) is 15.0. The highest BCUT2D eigenvalue weighted by Gasteiger charge is 2.38. The number of ether oxygens (including phenoxy) is 1. The molecule has 25 heavy (non-hydrogen) atoms. The number of rotatable bonds is 4. The van der Waals surface area contributed by atoms with Gasteiger partial charge in [0.05, 0.1) is 25.2 Å². The molecule has 0 bridgehead atoms. The number of morpholine rings is 1. The Balaban J connectivity index is 1.42. The van der Waals surface area contributed by atoms with Gasteiger partial charge in [0.2, 0.25) is 5.91 Å². The lowest BCUT2D eigenvalue weighted by molar-refractivity contribution is -0.142. The fourth-order valence-corrected chi connectivity index (χ4v) is 4.46. The lowest BCUT2D eigenvalue weighted by Gasteiger charge is -2.47. The first kappa shape index (κ1) is 16.7. The van der Waals surface area contributed by atoms with Crippen molar-refractivity contribution in [3.8, 4) is 0 Å². The Morgan fingerprint density at radius 2 is 2.16 bits per heavy atom. The van der Waals surface area contributed by atoms with Crippen LogP contribution in [0.2, 0.25) is 0 Å².